The summed E-state index contributed by atoms with van der Waals surface area (Å²) in [6, 6.07) is 18.6. The van der Waals surface area contributed by atoms with Crippen molar-refractivity contribution in [3.05, 3.63) is 253 Å². The van der Waals surface area contributed by atoms with Gasteiger partial charge < -0.3 is 56.8 Å². The summed E-state index contributed by atoms with van der Waals surface area (Å²) in [6.45, 7) is 29.7. The predicted molar refractivity (Wildman–Crippen MR) is 510 cm³/mol. The Morgan fingerprint density at radius 3 is 1.36 bits per heavy atom. The molecule has 15 nitrogen and oxygen atoms in total. The van der Waals surface area contributed by atoms with Crippen molar-refractivity contribution in [1.82, 2.24) is 0 Å². The van der Waals surface area contributed by atoms with Crippen LogP contribution in [0.3, 0.4) is 0 Å². The number of carbonyl (C=O) groups excluding carboxylic acids is 3. The summed E-state index contributed by atoms with van der Waals surface area (Å²) in [5, 5.41) is 1.42. The highest BCUT2D eigenvalue weighted by Gasteiger charge is 2.29. The van der Waals surface area contributed by atoms with Gasteiger partial charge in [0.15, 0.2) is 81.0 Å². The normalized spacial score (nSPS) is 17.6. The summed E-state index contributed by atoms with van der Waals surface area (Å²) in [5.74, 6) is -0.674. The predicted octanol–water partition coefficient (Wildman–Crippen LogP) is 25.6. The van der Waals surface area contributed by atoms with Crippen molar-refractivity contribution in [2.24, 2.45) is 35.5 Å². The largest absolute Gasteiger partial charge is 0.504 e. The monoisotopic (exact) mass is 1940 g/mol. The Labute approximate surface area is 799 Å². The molecular weight excluding hydrogens is 1810 g/mol. The van der Waals surface area contributed by atoms with E-state index in [-0.39, 0.29) is 107 Å². The topological polar surface area (TPSA) is 162 Å². The number of ether oxygens (including phenoxy) is 12. The highest BCUT2D eigenvalue weighted by Crippen LogP contribution is 2.36. The van der Waals surface area contributed by atoms with E-state index < -0.39 is 94.7 Å². The molecule has 6 aromatic carbocycles. The molecule has 0 radical (unpaired) electrons. The van der Waals surface area contributed by atoms with Gasteiger partial charge in [-0.15, -0.1) is 0 Å². The number of aryl methyl sites for hydroxylation is 1. The number of halogens is 12. The molecule has 0 fully saturated rings. The molecule has 6 heterocycles. The van der Waals surface area contributed by atoms with Crippen LogP contribution in [0.5, 0.6) is 34.5 Å². The zero-order chi connectivity index (χ0) is 98.3. The zero-order valence-electron chi connectivity index (χ0n) is 79.8. The number of ketones is 2. The Morgan fingerprint density at radius 1 is 0.407 bits per heavy atom. The van der Waals surface area contributed by atoms with Crippen molar-refractivity contribution >= 4 is 53.4 Å². The molecule has 0 bridgehead atoms. The van der Waals surface area contributed by atoms with Gasteiger partial charge >= 0.3 is 5.97 Å². The average molecular weight is 1950 g/mol. The van der Waals surface area contributed by atoms with Crippen molar-refractivity contribution < 1.29 is 120 Å². The second-order valence-electron chi connectivity index (χ2n) is 33.5. The van der Waals surface area contributed by atoms with Gasteiger partial charge in [-0.2, -0.15) is 22.0 Å². The third kappa shape index (κ3) is 36.2. The van der Waals surface area contributed by atoms with Crippen LogP contribution < -0.4 is 33.6 Å². The van der Waals surface area contributed by atoms with Crippen LogP contribution in [0, 0.1) is 118 Å². The fraction of sp³-hybridized carbons (Fsp3) is 0.481. The average Bonchev–Trinajstić information content (AvgIpc) is 0.859. The molecule has 29 heteroatoms. The van der Waals surface area contributed by atoms with E-state index in [1.54, 1.807) is 58.9 Å². The van der Waals surface area contributed by atoms with Gasteiger partial charge in [0.2, 0.25) is 34.9 Å². The number of esters is 1. The summed E-state index contributed by atoms with van der Waals surface area (Å²) in [6.07, 6.45) is 32.4. The second-order valence-corrected chi connectivity index (χ2v) is 37.3. The van der Waals surface area contributed by atoms with Crippen LogP contribution in [-0.2, 0) is 50.5 Å². The van der Waals surface area contributed by atoms with Gasteiger partial charge in [-0.25, -0.2) is 26.3 Å². The third-order valence-electron chi connectivity index (χ3n) is 22.9. The number of rotatable bonds is 38. The van der Waals surface area contributed by atoms with Crippen LogP contribution in [0.25, 0.3) is 0 Å². The quantitative estimate of drug-likeness (QED) is 0.00684. The molecule has 6 unspecified atom stereocenters. The molecule has 0 N–H and O–H groups in total. The fourth-order valence-electron chi connectivity index (χ4n) is 15.5. The maximum atomic E-state index is 14.3. The number of benzene rings is 6. The number of hydrogen-bond acceptors (Lipinski definition) is 15. The molecule has 6 aliphatic heterocycles. The minimum atomic E-state index is -1.23. The zero-order valence-corrected chi connectivity index (χ0v) is 83.3. The van der Waals surface area contributed by atoms with E-state index in [2.05, 4.69) is 72.1 Å². The molecule has 0 spiro atoms. The molecule has 0 saturated carbocycles. The lowest BCUT2D eigenvalue weighted by atomic mass is 9.97. The van der Waals surface area contributed by atoms with E-state index in [0.717, 1.165) is 139 Å². The minimum absolute atomic E-state index is 0.00105. The van der Waals surface area contributed by atoms with E-state index >= 15 is 0 Å². The second kappa shape index (κ2) is 60.3. The lowest BCUT2D eigenvalue weighted by Gasteiger charge is -2.22. The molecule has 6 aliphatic rings. The summed E-state index contributed by atoms with van der Waals surface area (Å²) in [5.41, 5.74) is 0.743. The first kappa shape index (κ1) is 112. The molecule has 12 rings (SSSR count). The van der Waals surface area contributed by atoms with Gasteiger partial charge in [0.1, 0.15) is 20.3 Å². The fourth-order valence-corrected chi connectivity index (χ4v) is 18.8. The first-order valence-corrected chi connectivity index (χ1v) is 51.2. The van der Waals surface area contributed by atoms with Crippen LogP contribution in [0.1, 0.15) is 237 Å². The van der Waals surface area contributed by atoms with E-state index in [4.69, 9.17) is 68.4 Å². The van der Waals surface area contributed by atoms with Crippen LogP contribution in [-0.4, -0.2) is 103 Å². The lowest BCUT2D eigenvalue weighted by molar-refractivity contribution is -0.134. The Morgan fingerprint density at radius 2 is 0.852 bits per heavy atom. The number of Topliss-reactive ketones (excluding diaryl/α,β-unsaturated/α-hetero) is 2. The summed E-state index contributed by atoms with van der Waals surface area (Å²) in [4.78, 5) is 36.4. The Bertz CT molecular complexity index is 5100. The van der Waals surface area contributed by atoms with Crippen molar-refractivity contribution in [3.63, 3.8) is 0 Å². The van der Waals surface area contributed by atoms with Crippen LogP contribution in [0.15, 0.2) is 156 Å². The molecule has 6 atom stereocenters. The van der Waals surface area contributed by atoms with Crippen LogP contribution in [0.2, 0.25) is 11.1 Å². The molecule has 135 heavy (non-hydrogen) atoms. The van der Waals surface area contributed by atoms with Crippen molar-refractivity contribution in [2.45, 2.75) is 230 Å². The Kier molecular flexibility index (Phi) is 49.8. The Hall–Kier alpha value is -10.4. The molecule has 0 amide bonds. The lowest BCUT2D eigenvalue weighted by Crippen LogP contribution is -2.22. The number of carbonyl (C=O) groups is 3. The molecular formula is C106H132ClF11O15Si2. The summed E-state index contributed by atoms with van der Waals surface area (Å²) in [7, 11) is -1.62. The summed E-state index contributed by atoms with van der Waals surface area (Å²) >= 11 is 5.92. The first-order valence-electron chi connectivity index (χ1n) is 47.4. The summed E-state index contributed by atoms with van der Waals surface area (Å²) < 4.78 is 216. The van der Waals surface area contributed by atoms with Gasteiger partial charge in [-0.1, -0.05) is 135 Å². The van der Waals surface area contributed by atoms with Gasteiger partial charge in [-0.3, -0.25) is 14.4 Å². The van der Waals surface area contributed by atoms with E-state index in [1.165, 1.54) is 73.9 Å². The van der Waals surface area contributed by atoms with E-state index in [0.29, 0.717) is 109 Å². The smallest absolute Gasteiger partial charge is 0.311 e. The van der Waals surface area contributed by atoms with Crippen molar-refractivity contribution in [1.29, 1.82) is 0 Å². The molecule has 6 aromatic rings. The highest BCUT2D eigenvalue weighted by atomic mass is 35.5. The molecule has 0 aromatic heterocycles. The van der Waals surface area contributed by atoms with Gasteiger partial charge in [0.05, 0.1) is 128 Å². The van der Waals surface area contributed by atoms with E-state index in [9.17, 15) is 62.7 Å². The van der Waals surface area contributed by atoms with Gasteiger partial charge in [-0.05, 0) is 266 Å². The molecule has 0 saturated heterocycles. The SMILES string of the molecule is C=COc1ccc(C[SiH2]C2=CCC(CCC)CO2)c(F)c1F.CCCC1CC=C(C#Cc2ccc(OCC)c(F)c2F)OC1.CCCC1CC=C(C(=O)Cc2ccc(OCC)c(F)c2F)OC1.CCCC1CC=C(CC(=O)c2ccc(OCC)c(Cl)c2F)OC1.CCCC1CC=C(CCC(=O)Oc2ccc(OCC)c(F)c2F)OC1.CCCC1CC=C(C[SiH2]c2ccc(C)c(F)c2F)OC1. The van der Waals surface area contributed by atoms with E-state index in [1.807, 2.05) is 18.2 Å². The number of allylic oxidation sites excluding steroid dienone is 11. The molecule has 738 valence electrons. The van der Waals surface area contributed by atoms with Gasteiger partial charge in [0, 0.05) is 12.8 Å². The van der Waals surface area contributed by atoms with Crippen LogP contribution >= 0.6 is 11.6 Å². The maximum absolute atomic E-state index is 14.3. The van der Waals surface area contributed by atoms with Crippen molar-refractivity contribution in [3.8, 4) is 46.3 Å². The van der Waals surface area contributed by atoms with Crippen LogP contribution in [0.4, 0.5) is 48.3 Å². The van der Waals surface area contributed by atoms with Crippen molar-refractivity contribution in [2.75, 3.05) is 66.1 Å². The van der Waals surface area contributed by atoms with Gasteiger partial charge in [0.25, 0.3) is 0 Å². The Balaban J connectivity index is 0.000000221. The molecule has 0 aliphatic carbocycles. The first-order chi connectivity index (χ1) is 65.1. The standard InChI is InChI=1S/C19H24F2O4.C18H22ClFO3.C18H22F2O3.C18H20F2O2.C17H22F2O2Si.C16H22F2OSi/c1-3-5-13-6-7-14(24-12-13)8-11-17(22)25-16-10-9-15(23-4-2)18(20)19(16)21;1-3-5-12-6-7-13(23-11-12)10-15(21)14-8-9-16(22-4-2)17(19)18(14)20;1-3-5-12-6-8-15(23-11-12)14(21)10-13-7-9-16(22-4-2)18(20)17(13)19;1-3-5-13-6-9-15(22-12-13)10-7-14-8-11-16(21-4-2)18(20)17(14)19;1-3-5-12-6-9-15(21-10-12)22-11-13-7-8-14(20-4-2)17(19)16(13)18;1-3-4-12-6-7-13(19-9-12)10-20-14-8-5-11(2)15(17)16(14)18/h7,9-10,13H,3-6,8,11-12H2,1-2H3;2*7-9,12H,3-6,10-11H2,1-2H3;8-9,11,13H,3-6,12H2,1-2H3;4,7-9,12H,2-3,5-6,10-11,22H2,1H3;5,7-8,12H,3-4,6,9-10,20H2,1-2H3. The minimum Gasteiger partial charge on any atom is -0.504 e. The maximum Gasteiger partial charge on any atom is 0.311 e. The number of hydrogen-bond donors (Lipinski definition) is 0. The highest BCUT2D eigenvalue weighted by molar-refractivity contribution is 6.54. The third-order valence-corrected chi connectivity index (χ3v) is 26.9.